The number of nitrogens with zero attached hydrogens (tertiary/aromatic N) is 1. The molecule has 1 aromatic carbocycles. The maximum atomic E-state index is 10.6. The molecule has 0 radical (unpaired) electrons. The number of rotatable bonds is 3. The SMILES string of the molecule is C=CCN1CC[C@]23c4c5ccc(OC)c4OC2C(O)C=CC3[C@H]1C5. The number of ether oxygens (including phenoxy) is 2. The van der Waals surface area contributed by atoms with E-state index in [9.17, 15) is 5.11 Å². The van der Waals surface area contributed by atoms with Crippen molar-refractivity contribution >= 4 is 0 Å². The monoisotopic (exact) mass is 325 g/mol. The summed E-state index contributed by atoms with van der Waals surface area (Å²) < 4.78 is 11.9. The molecule has 4 nitrogen and oxygen atoms in total. The molecule has 1 fully saturated rings. The molecule has 4 aliphatic rings. The van der Waals surface area contributed by atoms with Crippen LogP contribution in [-0.2, 0) is 11.8 Å². The molecular formula is C20H23NO3. The van der Waals surface area contributed by atoms with Gasteiger partial charge in [0, 0.05) is 29.5 Å². The number of piperidine rings is 1. The Labute approximate surface area is 142 Å². The summed E-state index contributed by atoms with van der Waals surface area (Å²) in [4.78, 5) is 2.53. The lowest BCUT2D eigenvalue weighted by molar-refractivity contribution is -0.0488. The maximum absolute atomic E-state index is 10.6. The average molecular weight is 325 g/mol. The van der Waals surface area contributed by atoms with Gasteiger partial charge in [-0.05, 0) is 31.0 Å². The van der Waals surface area contributed by atoms with Crippen LogP contribution in [0.2, 0.25) is 0 Å². The van der Waals surface area contributed by atoms with Gasteiger partial charge in [0.15, 0.2) is 11.5 Å². The van der Waals surface area contributed by atoms with Crippen LogP contribution in [0, 0.1) is 5.92 Å². The van der Waals surface area contributed by atoms with Gasteiger partial charge in [-0.2, -0.15) is 0 Å². The molecule has 0 aromatic heterocycles. The Morgan fingerprint density at radius 3 is 3.12 bits per heavy atom. The van der Waals surface area contributed by atoms with E-state index in [1.165, 1.54) is 11.1 Å². The highest BCUT2D eigenvalue weighted by molar-refractivity contribution is 5.62. The standard InChI is InChI=1S/C20H23NO3/c1-3-9-21-10-8-20-13-5-6-15(22)19(20)24-18-16(23-2)7-4-12(17(18)20)11-14(13)21/h3-7,13-15,19,22H,1,8-11H2,2H3/t13?,14-,15?,19?,20+/m1/s1. The van der Waals surface area contributed by atoms with Crippen LogP contribution < -0.4 is 9.47 Å². The minimum absolute atomic E-state index is 0.117. The van der Waals surface area contributed by atoms with E-state index in [2.05, 4.69) is 23.6 Å². The molecule has 1 aromatic rings. The summed E-state index contributed by atoms with van der Waals surface area (Å²) in [6, 6.07) is 4.64. The quantitative estimate of drug-likeness (QED) is 0.864. The van der Waals surface area contributed by atoms with E-state index >= 15 is 0 Å². The van der Waals surface area contributed by atoms with E-state index in [4.69, 9.17) is 9.47 Å². The summed E-state index contributed by atoms with van der Waals surface area (Å²) >= 11 is 0. The molecule has 2 heterocycles. The molecule has 3 unspecified atom stereocenters. The number of hydrogen-bond donors (Lipinski definition) is 1. The second-order valence-electron chi connectivity index (χ2n) is 7.42. The Balaban J connectivity index is 1.75. The van der Waals surface area contributed by atoms with Crippen LogP contribution in [0.3, 0.4) is 0 Å². The van der Waals surface area contributed by atoms with Gasteiger partial charge in [0.2, 0.25) is 0 Å². The molecule has 2 aliphatic carbocycles. The van der Waals surface area contributed by atoms with Gasteiger partial charge < -0.3 is 14.6 Å². The van der Waals surface area contributed by atoms with Gasteiger partial charge in [0.25, 0.3) is 0 Å². The van der Waals surface area contributed by atoms with Crippen molar-refractivity contribution in [3.63, 3.8) is 0 Å². The van der Waals surface area contributed by atoms with Crippen LogP contribution in [0.4, 0.5) is 0 Å². The van der Waals surface area contributed by atoms with Gasteiger partial charge in [0.1, 0.15) is 12.2 Å². The Morgan fingerprint density at radius 2 is 2.33 bits per heavy atom. The zero-order valence-electron chi connectivity index (χ0n) is 13.9. The lowest BCUT2D eigenvalue weighted by atomic mass is 9.53. The highest BCUT2D eigenvalue weighted by Gasteiger charge is 2.64. The third kappa shape index (κ3) is 1.56. The van der Waals surface area contributed by atoms with Gasteiger partial charge in [-0.25, -0.2) is 0 Å². The molecule has 5 atom stereocenters. The number of aliphatic hydroxyl groups is 1. The molecular weight excluding hydrogens is 302 g/mol. The molecule has 0 saturated carbocycles. The van der Waals surface area contributed by atoms with Crippen LogP contribution >= 0.6 is 0 Å². The number of likely N-dealkylation sites (tertiary alicyclic amines) is 1. The highest BCUT2D eigenvalue weighted by Crippen LogP contribution is 2.62. The number of benzene rings is 1. The fourth-order valence-electron chi connectivity index (χ4n) is 5.67. The van der Waals surface area contributed by atoms with Crippen molar-refractivity contribution in [3.8, 4) is 11.5 Å². The number of methoxy groups -OCH3 is 1. The van der Waals surface area contributed by atoms with Crippen molar-refractivity contribution in [2.45, 2.75) is 36.5 Å². The van der Waals surface area contributed by atoms with Gasteiger partial charge in [-0.1, -0.05) is 24.3 Å². The van der Waals surface area contributed by atoms with Crippen molar-refractivity contribution in [2.75, 3.05) is 20.2 Å². The molecule has 1 saturated heterocycles. The van der Waals surface area contributed by atoms with Crippen LogP contribution in [-0.4, -0.2) is 48.5 Å². The Bertz CT molecular complexity index is 743. The third-order valence-corrected chi connectivity index (χ3v) is 6.56. The summed E-state index contributed by atoms with van der Waals surface area (Å²) in [5.41, 5.74) is 2.54. The van der Waals surface area contributed by atoms with Crippen LogP contribution in [0.5, 0.6) is 11.5 Å². The molecule has 126 valence electrons. The summed E-state index contributed by atoms with van der Waals surface area (Å²) in [5, 5.41) is 10.6. The van der Waals surface area contributed by atoms with Crippen molar-refractivity contribution in [1.82, 2.24) is 4.90 Å². The van der Waals surface area contributed by atoms with Crippen LogP contribution in [0.25, 0.3) is 0 Å². The van der Waals surface area contributed by atoms with E-state index in [1.54, 1.807) is 7.11 Å². The minimum atomic E-state index is -0.559. The fourth-order valence-corrected chi connectivity index (χ4v) is 5.67. The van der Waals surface area contributed by atoms with Crippen molar-refractivity contribution in [3.05, 3.63) is 48.1 Å². The lowest BCUT2D eigenvalue weighted by Gasteiger charge is -2.57. The molecule has 2 aliphatic heterocycles. The average Bonchev–Trinajstić information content (AvgIpc) is 2.94. The summed E-state index contributed by atoms with van der Waals surface area (Å²) in [5.74, 6) is 2.03. The Kier molecular flexibility index (Phi) is 2.95. The zero-order chi connectivity index (χ0) is 16.5. The maximum Gasteiger partial charge on any atom is 0.165 e. The first-order valence-corrected chi connectivity index (χ1v) is 8.79. The number of hydrogen-bond acceptors (Lipinski definition) is 4. The predicted octanol–water partition coefficient (Wildman–Crippen LogP) is 2.06. The second kappa shape index (κ2) is 4.87. The van der Waals surface area contributed by atoms with Gasteiger partial charge >= 0.3 is 0 Å². The van der Waals surface area contributed by atoms with Crippen molar-refractivity contribution in [2.24, 2.45) is 5.92 Å². The molecule has 24 heavy (non-hydrogen) atoms. The highest BCUT2D eigenvalue weighted by atomic mass is 16.5. The normalized spacial score (nSPS) is 38.4. The fraction of sp³-hybridized carbons (Fsp3) is 0.500. The zero-order valence-corrected chi connectivity index (χ0v) is 13.9. The largest absolute Gasteiger partial charge is 0.493 e. The summed E-state index contributed by atoms with van der Waals surface area (Å²) in [7, 11) is 1.69. The first kappa shape index (κ1) is 14.6. The van der Waals surface area contributed by atoms with E-state index in [0.717, 1.165) is 37.4 Å². The minimum Gasteiger partial charge on any atom is -0.493 e. The van der Waals surface area contributed by atoms with Gasteiger partial charge in [0.05, 0.1) is 7.11 Å². The van der Waals surface area contributed by atoms with E-state index in [0.29, 0.717) is 12.0 Å². The van der Waals surface area contributed by atoms with Crippen molar-refractivity contribution in [1.29, 1.82) is 0 Å². The predicted molar refractivity (Wildman–Crippen MR) is 91.6 cm³/mol. The van der Waals surface area contributed by atoms with E-state index in [-0.39, 0.29) is 11.5 Å². The van der Waals surface area contributed by atoms with Crippen LogP contribution in [0.15, 0.2) is 36.9 Å². The first-order valence-electron chi connectivity index (χ1n) is 8.79. The van der Waals surface area contributed by atoms with Crippen molar-refractivity contribution < 1.29 is 14.6 Å². The molecule has 0 amide bonds. The van der Waals surface area contributed by atoms with Gasteiger partial charge in [-0.3, -0.25) is 4.90 Å². The smallest absolute Gasteiger partial charge is 0.165 e. The molecule has 1 spiro atoms. The lowest BCUT2D eigenvalue weighted by Crippen LogP contribution is -2.65. The molecule has 5 rings (SSSR count). The summed E-state index contributed by atoms with van der Waals surface area (Å²) in [6.07, 6.45) is 7.42. The molecule has 2 bridgehead atoms. The number of aliphatic hydroxyl groups excluding tert-OH is 1. The molecule has 4 heteroatoms. The first-order chi connectivity index (χ1) is 11.7. The van der Waals surface area contributed by atoms with E-state index < -0.39 is 6.10 Å². The Morgan fingerprint density at radius 1 is 1.46 bits per heavy atom. The third-order valence-electron chi connectivity index (χ3n) is 6.56. The Hall–Kier alpha value is -1.78. The van der Waals surface area contributed by atoms with E-state index in [1.807, 2.05) is 18.2 Å². The second-order valence-corrected chi connectivity index (χ2v) is 7.42. The van der Waals surface area contributed by atoms with Crippen LogP contribution in [0.1, 0.15) is 17.5 Å². The topological polar surface area (TPSA) is 41.9 Å². The summed E-state index contributed by atoms with van der Waals surface area (Å²) in [6.45, 7) is 5.86. The molecule has 1 N–H and O–H groups in total. The van der Waals surface area contributed by atoms with Gasteiger partial charge in [-0.15, -0.1) is 6.58 Å².